The van der Waals surface area contributed by atoms with Gasteiger partial charge >= 0.3 is 0 Å². The zero-order valence-corrected chi connectivity index (χ0v) is 10.5. The number of carbonyl (C=O) groups is 1. The summed E-state index contributed by atoms with van der Waals surface area (Å²) in [5.74, 6) is 0.117. The van der Waals surface area contributed by atoms with Crippen molar-refractivity contribution in [1.29, 1.82) is 5.26 Å². The summed E-state index contributed by atoms with van der Waals surface area (Å²) in [5, 5.41) is 9.40. The van der Waals surface area contributed by atoms with Gasteiger partial charge in [0.2, 0.25) is 5.91 Å². The van der Waals surface area contributed by atoms with Gasteiger partial charge in [0.1, 0.15) is 5.54 Å². The van der Waals surface area contributed by atoms with Gasteiger partial charge < -0.3 is 4.90 Å². The van der Waals surface area contributed by atoms with E-state index in [1.165, 1.54) is 0 Å². The molecular weight excluding hydrogens is 202 g/mol. The molecule has 0 radical (unpaired) electrons. The quantitative estimate of drug-likeness (QED) is 0.723. The minimum Gasteiger partial charge on any atom is -0.343 e. The Morgan fingerprint density at radius 2 is 1.88 bits per heavy atom. The zero-order valence-electron chi connectivity index (χ0n) is 10.5. The fourth-order valence-corrected chi connectivity index (χ4v) is 2.52. The molecule has 0 aliphatic carbocycles. The molecule has 1 saturated heterocycles. The molecule has 90 valence electrons. The minimum atomic E-state index is -0.352. The van der Waals surface area contributed by atoms with E-state index >= 15 is 0 Å². The summed E-state index contributed by atoms with van der Waals surface area (Å²) in [6.07, 6.45) is 1.54. The smallest absolute Gasteiger partial charge is 0.219 e. The topological polar surface area (TPSA) is 47.3 Å². The van der Waals surface area contributed by atoms with Gasteiger partial charge in [0.15, 0.2) is 0 Å². The Labute approximate surface area is 97.8 Å². The van der Waals surface area contributed by atoms with Crippen molar-refractivity contribution in [3.63, 3.8) is 0 Å². The van der Waals surface area contributed by atoms with Crippen LogP contribution in [0.3, 0.4) is 0 Å². The third kappa shape index (κ3) is 2.35. The van der Waals surface area contributed by atoms with Gasteiger partial charge in [0.05, 0.1) is 6.07 Å². The second-order valence-electron chi connectivity index (χ2n) is 4.32. The number of likely N-dealkylation sites (tertiary alicyclic amines) is 1. The molecule has 0 atom stereocenters. The van der Waals surface area contributed by atoms with E-state index in [0.29, 0.717) is 13.1 Å². The highest BCUT2D eigenvalue weighted by molar-refractivity contribution is 5.73. The van der Waals surface area contributed by atoms with E-state index in [0.717, 1.165) is 25.9 Å². The van der Waals surface area contributed by atoms with Gasteiger partial charge in [-0.2, -0.15) is 5.26 Å². The molecule has 0 N–H and O–H groups in total. The van der Waals surface area contributed by atoms with Crippen LogP contribution in [0.2, 0.25) is 0 Å². The van der Waals surface area contributed by atoms with E-state index in [-0.39, 0.29) is 11.4 Å². The van der Waals surface area contributed by atoms with Crippen LogP contribution in [0.1, 0.15) is 33.6 Å². The summed E-state index contributed by atoms with van der Waals surface area (Å²) >= 11 is 0. The molecule has 0 spiro atoms. The van der Waals surface area contributed by atoms with Crippen molar-refractivity contribution in [2.24, 2.45) is 0 Å². The fourth-order valence-electron chi connectivity index (χ4n) is 2.52. The lowest BCUT2D eigenvalue weighted by atomic mass is 9.87. The van der Waals surface area contributed by atoms with Crippen LogP contribution in [0.25, 0.3) is 0 Å². The highest BCUT2D eigenvalue weighted by Crippen LogP contribution is 2.28. The summed E-state index contributed by atoms with van der Waals surface area (Å²) < 4.78 is 0. The Bertz CT molecular complexity index is 283. The maximum atomic E-state index is 11.2. The Hall–Kier alpha value is -1.08. The van der Waals surface area contributed by atoms with E-state index in [1.54, 1.807) is 6.92 Å². The van der Waals surface area contributed by atoms with Crippen LogP contribution < -0.4 is 0 Å². The molecular formula is C12H21N3O. The molecule has 0 aromatic rings. The Morgan fingerprint density at radius 3 is 2.19 bits per heavy atom. The van der Waals surface area contributed by atoms with E-state index in [2.05, 4.69) is 24.8 Å². The molecule has 0 bridgehead atoms. The molecule has 1 rings (SSSR count). The second-order valence-corrected chi connectivity index (χ2v) is 4.32. The van der Waals surface area contributed by atoms with Crippen LogP contribution in [0.15, 0.2) is 0 Å². The van der Waals surface area contributed by atoms with Gasteiger partial charge in [0.25, 0.3) is 0 Å². The summed E-state index contributed by atoms with van der Waals surface area (Å²) in [7, 11) is 0. The second kappa shape index (κ2) is 5.31. The first kappa shape index (κ1) is 13.0. The molecule has 0 aromatic heterocycles. The standard InChI is InChI=1S/C12H21N3O/c1-4-15(5-2)12(10-13)6-8-14(9-7-12)11(3)16/h4-9H2,1-3H3. The van der Waals surface area contributed by atoms with Gasteiger partial charge in [-0.3, -0.25) is 9.69 Å². The SMILES string of the molecule is CCN(CC)C1(C#N)CCN(C(C)=O)CC1. The zero-order chi connectivity index (χ0) is 12.2. The monoisotopic (exact) mass is 223 g/mol. The van der Waals surface area contributed by atoms with Crippen molar-refractivity contribution in [2.75, 3.05) is 26.2 Å². The predicted octanol–water partition coefficient (Wildman–Crippen LogP) is 1.23. The van der Waals surface area contributed by atoms with Crippen molar-refractivity contribution < 1.29 is 4.79 Å². The summed E-state index contributed by atoms with van der Waals surface area (Å²) in [6, 6.07) is 2.47. The van der Waals surface area contributed by atoms with Crippen LogP contribution in [0, 0.1) is 11.3 Å². The third-order valence-electron chi connectivity index (χ3n) is 3.61. The predicted molar refractivity (Wildman–Crippen MR) is 62.8 cm³/mol. The van der Waals surface area contributed by atoms with E-state index in [4.69, 9.17) is 0 Å². The fraction of sp³-hybridized carbons (Fsp3) is 0.833. The first-order valence-corrected chi connectivity index (χ1v) is 6.01. The maximum absolute atomic E-state index is 11.2. The van der Waals surface area contributed by atoms with Gasteiger partial charge in [-0.1, -0.05) is 13.8 Å². The van der Waals surface area contributed by atoms with E-state index in [1.807, 2.05) is 4.90 Å². The van der Waals surface area contributed by atoms with Gasteiger partial charge in [-0.05, 0) is 25.9 Å². The molecule has 4 heteroatoms. The number of piperidine rings is 1. The number of hydrogen-bond donors (Lipinski definition) is 0. The molecule has 1 heterocycles. The maximum Gasteiger partial charge on any atom is 0.219 e. The summed E-state index contributed by atoms with van der Waals surface area (Å²) in [4.78, 5) is 15.3. The molecule has 4 nitrogen and oxygen atoms in total. The van der Waals surface area contributed by atoms with Crippen LogP contribution in [0.4, 0.5) is 0 Å². The minimum absolute atomic E-state index is 0.117. The number of amides is 1. The van der Waals surface area contributed by atoms with Crippen LogP contribution >= 0.6 is 0 Å². The Balaban J connectivity index is 2.72. The summed E-state index contributed by atoms with van der Waals surface area (Å²) in [5.41, 5.74) is -0.352. The molecule has 0 saturated carbocycles. The molecule has 0 unspecified atom stereocenters. The number of hydrogen-bond acceptors (Lipinski definition) is 3. The Kier molecular flexibility index (Phi) is 4.31. The average Bonchev–Trinajstić information content (AvgIpc) is 2.31. The molecule has 1 amide bonds. The molecule has 1 aliphatic heterocycles. The third-order valence-corrected chi connectivity index (χ3v) is 3.61. The number of rotatable bonds is 3. The van der Waals surface area contributed by atoms with Gasteiger partial charge in [-0.15, -0.1) is 0 Å². The molecule has 1 aliphatic rings. The highest BCUT2D eigenvalue weighted by atomic mass is 16.2. The molecule has 1 fully saturated rings. The Morgan fingerprint density at radius 1 is 1.38 bits per heavy atom. The lowest BCUT2D eigenvalue weighted by Gasteiger charge is -2.43. The van der Waals surface area contributed by atoms with Crippen molar-refractivity contribution in [1.82, 2.24) is 9.80 Å². The van der Waals surface area contributed by atoms with Crippen molar-refractivity contribution in [3.8, 4) is 6.07 Å². The number of carbonyl (C=O) groups excluding carboxylic acids is 1. The number of nitriles is 1. The van der Waals surface area contributed by atoms with Crippen LogP contribution in [0.5, 0.6) is 0 Å². The van der Waals surface area contributed by atoms with Crippen molar-refractivity contribution in [3.05, 3.63) is 0 Å². The van der Waals surface area contributed by atoms with Crippen molar-refractivity contribution >= 4 is 5.91 Å². The van der Waals surface area contributed by atoms with Crippen LogP contribution in [-0.2, 0) is 4.79 Å². The first-order chi connectivity index (χ1) is 7.59. The van der Waals surface area contributed by atoms with Crippen LogP contribution in [-0.4, -0.2) is 47.4 Å². The molecule has 0 aromatic carbocycles. The van der Waals surface area contributed by atoms with Gasteiger partial charge in [-0.25, -0.2) is 0 Å². The lowest BCUT2D eigenvalue weighted by Crippen LogP contribution is -2.55. The highest BCUT2D eigenvalue weighted by Gasteiger charge is 2.39. The van der Waals surface area contributed by atoms with E-state index < -0.39 is 0 Å². The largest absolute Gasteiger partial charge is 0.343 e. The first-order valence-electron chi connectivity index (χ1n) is 6.01. The van der Waals surface area contributed by atoms with E-state index in [9.17, 15) is 10.1 Å². The lowest BCUT2D eigenvalue weighted by molar-refractivity contribution is -0.130. The number of nitrogens with zero attached hydrogens (tertiary/aromatic N) is 3. The average molecular weight is 223 g/mol. The van der Waals surface area contributed by atoms with Crippen molar-refractivity contribution in [2.45, 2.75) is 39.2 Å². The molecule has 16 heavy (non-hydrogen) atoms. The van der Waals surface area contributed by atoms with Gasteiger partial charge in [0, 0.05) is 20.0 Å². The summed E-state index contributed by atoms with van der Waals surface area (Å²) in [6.45, 7) is 8.96. The normalized spacial score (nSPS) is 19.6.